The van der Waals surface area contributed by atoms with Crippen LogP contribution in [0.25, 0.3) is 0 Å². The molecule has 0 saturated heterocycles. The Bertz CT molecular complexity index is 807. The van der Waals surface area contributed by atoms with Crippen molar-refractivity contribution in [1.29, 1.82) is 0 Å². The van der Waals surface area contributed by atoms with Crippen molar-refractivity contribution >= 4 is 5.69 Å². The number of quaternary nitrogens is 1. The highest BCUT2D eigenvalue weighted by Crippen LogP contribution is 2.49. The number of hydrogen-bond acceptors (Lipinski definition) is 2. The number of halogens is 3. The van der Waals surface area contributed by atoms with Gasteiger partial charge in [-0.1, -0.05) is 48.0 Å². The van der Waals surface area contributed by atoms with Gasteiger partial charge in [-0.05, 0) is 39.3 Å². The van der Waals surface area contributed by atoms with Gasteiger partial charge in [0, 0.05) is 11.3 Å². The molecular weight excluding hydrogens is 363 g/mol. The molecule has 2 atom stereocenters. The molecule has 3 nitrogen and oxygen atoms in total. The lowest BCUT2D eigenvalue weighted by Crippen LogP contribution is -2.73. The minimum Gasteiger partial charge on any atom is -0.323 e. The molecule has 0 bridgehead atoms. The van der Waals surface area contributed by atoms with E-state index in [-0.39, 0.29) is 11.1 Å². The molecule has 1 aliphatic heterocycles. The van der Waals surface area contributed by atoms with Crippen molar-refractivity contribution in [2.45, 2.75) is 45.7 Å². The maximum absolute atomic E-state index is 14.9. The molecule has 0 amide bonds. The third-order valence-corrected chi connectivity index (χ3v) is 6.29. The van der Waals surface area contributed by atoms with Crippen LogP contribution in [0.15, 0.2) is 48.5 Å². The first kappa shape index (κ1) is 20.7. The van der Waals surface area contributed by atoms with Crippen molar-refractivity contribution in [3.63, 3.8) is 0 Å². The van der Waals surface area contributed by atoms with Gasteiger partial charge in [0.05, 0.1) is 19.6 Å². The Balaban J connectivity index is 2.32. The molecule has 6 heteroatoms. The summed E-state index contributed by atoms with van der Waals surface area (Å²) in [5, 5.41) is 6.41. The standard InChI is InChI=1S/C22H29F3N3/c1-5-28(6-2,7-3)20-26-19-14-13-16(4)15-18(19)21(27-20,22(23,24)25)17-11-9-8-10-12-17/h8-15,20,26-27H,5-7H2,1-4H3/q+1/t20-,21-/m1/s1. The normalized spacial score (nSPS) is 22.5. The number of anilines is 1. The number of fused-ring (bicyclic) bond motifs is 1. The van der Waals surface area contributed by atoms with Crippen molar-refractivity contribution < 1.29 is 17.7 Å². The van der Waals surface area contributed by atoms with Gasteiger partial charge in [0.2, 0.25) is 6.29 Å². The summed E-state index contributed by atoms with van der Waals surface area (Å²) >= 11 is 0. The van der Waals surface area contributed by atoms with Crippen LogP contribution in [0.3, 0.4) is 0 Å². The summed E-state index contributed by atoms with van der Waals surface area (Å²) < 4.78 is 45.1. The zero-order valence-corrected chi connectivity index (χ0v) is 16.9. The van der Waals surface area contributed by atoms with Gasteiger partial charge in [-0.25, -0.2) is 5.32 Å². The largest absolute Gasteiger partial charge is 0.415 e. The molecule has 2 aromatic carbocycles. The van der Waals surface area contributed by atoms with Crippen LogP contribution in [0.5, 0.6) is 0 Å². The van der Waals surface area contributed by atoms with Gasteiger partial charge in [-0.15, -0.1) is 0 Å². The first-order valence-electron chi connectivity index (χ1n) is 9.87. The highest BCUT2D eigenvalue weighted by atomic mass is 19.4. The van der Waals surface area contributed by atoms with E-state index in [4.69, 9.17) is 0 Å². The molecule has 0 saturated carbocycles. The molecule has 2 aromatic rings. The molecule has 2 N–H and O–H groups in total. The molecule has 0 unspecified atom stereocenters. The van der Waals surface area contributed by atoms with Crippen LogP contribution in [0.1, 0.15) is 37.5 Å². The Kier molecular flexibility index (Phi) is 5.47. The highest BCUT2D eigenvalue weighted by Gasteiger charge is 2.62. The lowest BCUT2D eigenvalue weighted by Gasteiger charge is -2.52. The smallest absolute Gasteiger partial charge is 0.323 e. The molecule has 0 spiro atoms. The Morgan fingerprint density at radius 1 is 0.964 bits per heavy atom. The molecule has 152 valence electrons. The zero-order valence-electron chi connectivity index (χ0n) is 16.9. The Labute approximate surface area is 165 Å². The minimum atomic E-state index is -4.51. The van der Waals surface area contributed by atoms with Crippen molar-refractivity contribution in [3.05, 3.63) is 65.2 Å². The Hall–Kier alpha value is -2.05. The molecule has 0 aromatic heterocycles. The monoisotopic (exact) mass is 392 g/mol. The average molecular weight is 392 g/mol. The van der Waals surface area contributed by atoms with E-state index in [9.17, 15) is 13.2 Å². The van der Waals surface area contributed by atoms with Crippen LogP contribution in [0.4, 0.5) is 18.9 Å². The molecule has 0 fully saturated rings. The van der Waals surface area contributed by atoms with E-state index in [2.05, 4.69) is 10.6 Å². The summed E-state index contributed by atoms with van der Waals surface area (Å²) in [7, 11) is 0. The topological polar surface area (TPSA) is 24.1 Å². The second-order valence-electron chi connectivity index (χ2n) is 7.52. The van der Waals surface area contributed by atoms with Crippen molar-refractivity contribution in [2.75, 3.05) is 25.0 Å². The maximum atomic E-state index is 14.9. The van der Waals surface area contributed by atoms with Crippen molar-refractivity contribution in [3.8, 4) is 0 Å². The Morgan fingerprint density at radius 3 is 2.11 bits per heavy atom. The molecule has 0 aliphatic carbocycles. The summed E-state index contributed by atoms with van der Waals surface area (Å²) in [6, 6.07) is 13.5. The lowest BCUT2D eigenvalue weighted by atomic mass is 9.79. The van der Waals surface area contributed by atoms with E-state index in [1.165, 1.54) is 0 Å². The van der Waals surface area contributed by atoms with E-state index in [0.717, 1.165) is 25.2 Å². The van der Waals surface area contributed by atoms with Gasteiger partial charge in [-0.2, -0.15) is 13.2 Å². The molecule has 28 heavy (non-hydrogen) atoms. The number of nitrogens with zero attached hydrogens (tertiary/aromatic N) is 1. The predicted molar refractivity (Wildman–Crippen MR) is 107 cm³/mol. The zero-order chi connectivity index (χ0) is 20.6. The van der Waals surface area contributed by atoms with Gasteiger partial charge in [-0.3, -0.25) is 4.48 Å². The number of alkyl halides is 3. The second-order valence-corrected chi connectivity index (χ2v) is 7.52. The van der Waals surface area contributed by atoms with E-state index in [1.54, 1.807) is 42.5 Å². The number of rotatable bonds is 5. The van der Waals surface area contributed by atoms with Crippen LogP contribution in [-0.4, -0.2) is 36.6 Å². The lowest BCUT2D eigenvalue weighted by molar-refractivity contribution is -0.947. The first-order chi connectivity index (χ1) is 13.2. The number of benzene rings is 2. The SMILES string of the molecule is CC[N+](CC)(CC)[C@@H]1Nc2ccc(C)cc2[C@](c2ccccc2)(C(F)(F)F)N1. The quantitative estimate of drug-likeness (QED) is 0.702. The van der Waals surface area contributed by atoms with E-state index >= 15 is 0 Å². The van der Waals surface area contributed by atoms with Crippen LogP contribution in [0.2, 0.25) is 0 Å². The summed E-state index contributed by atoms with van der Waals surface area (Å²) in [6.45, 7) is 10.1. The minimum absolute atomic E-state index is 0.210. The molecule has 1 aliphatic rings. The first-order valence-corrected chi connectivity index (χ1v) is 9.87. The number of nitrogens with one attached hydrogen (secondary N) is 2. The van der Waals surface area contributed by atoms with E-state index < -0.39 is 18.0 Å². The predicted octanol–water partition coefficient (Wildman–Crippen LogP) is 4.98. The number of aryl methyl sites for hydroxylation is 1. The molecule has 3 rings (SSSR count). The summed E-state index contributed by atoms with van der Waals surface area (Å²) in [5.41, 5.74) is -0.499. The Morgan fingerprint density at radius 2 is 1.57 bits per heavy atom. The van der Waals surface area contributed by atoms with Gasteiger partial charge in [0.15, 0.2) is 5.54 Å². The summed E-state index contributed by atoms with van der Waals surface area (Å²) in [5.74, 6) is 0. The van der Waals surface area contributed by atoms with Crippen molar-refractivity contribution in [2.24, 2.45) is 0 Å². The average Bonchev–Trinajstić information content (AvgIpc) is 2.69. The summed E-state index contributed by atoms with van der Waals surface area (Å²) in [6.07, 6.45) is -5.07. The van der Waals surface area contributed by atoms with Gasteiger partial charge >= 0.3 is 6.18 Å². The molecular formula is C22H29F3N3+. The third kappa shape index (κ3) is 3.08. The van der Waals surface area contributed by atoms with Crippen LogP contribution >= 0.6 is 0 Å². The fraction of sp³-hybridized carbons (Fsp3) is 0.455. The summed E-state index contributed by atoms with van der Waals surface area (Å²) in [4.78, 5) is 0. The van der Waals surface area contributed by atoms with E-state index in [0.29, 0.717) is 10.2 Å². The van der Waals surface area contributed by atoms with Gasteiger partial charge in [0.1, 0.15) is 0 Å². The third-order valence-electron chi connectivity index (χ3n) is 6.29. The second kappa shape index (κ2) is 7.41. The highest BCUT2D eigenvalue weighted by molar-refractivity contribution is 5.62. The molecule has 0 radical (unpaired) electrons. The molecule has 1 heterocycles. The van der Waals surface area contributed by atoms with Gasteiger partial charge in [0.25, 0.3) is 0 Å². The van der Waals surface area contributed by atoms with Crippen LogP contribution < -0.4 is 10.6 Å². The fourth-order valence-electron chi connectivity index (χ4n) is 4.38. The van der Waals surface area contributed by atoms with Crippen molar-refractivity contribution in [1.82, 2.24) is 5.32 Å². The fourth-order valence-corrected chi connectivity index (χ4v) is 4.38. The van der Waals surface area contributed by atoms with Crippen LogP contribution in [0, 0.1) is 6.92 Å². The van der Waals surface area contributed by atoms with Gasteiger partial charge < -0.3 is 5.32 Å². The van der Waals surface area contributed by atoms with E-state index in [1.807, 2.05) is 33.8 Å². The van der Waals surface area contributed by atoms with Crippen LogP contribution in [-0.2, 0) is 5.54 Å². The number of hydrogen-bond donors (Lipinski definition) is 2. The maximum Gasteiger partial charge on any atom is 0.415 e.